The van der Waals surface area contributed by atoms with Gasteiger partial charge in [-0.15, -0.1) is 0 Å². The van der Waals surface area contributed by atoms with Crippen molar-refractivity contribution in [2.24, 2.45) is 0 Å². The van der Waals surface area contributed by atoms with Crippen LogP contribution in [-0.4, -0.2) is 37.9 Å². The Labute approximate surface area is 133 Å². The van der Waals surface area contributed by atoms with E-state index in [0.717, 1.165) is 41.4 Å². The monoisotopic (exact) mass is 308 g/mol. The Morgan fingerprint density at radius 3 is 2.70 bits per heavy atom. The van der Waals surface area contributed by atoms with Crippen molar-refractivity contribution in [3.05, 3.63) is 41.9 Å². The molecule has 0 spiro atoms. The molecule has 0 bridgehead atoms. The summed E-state index contributed by atoms with van der Waals surface area (Å²) in [5, 5.41) is 8.94. The smallest absolute Gasteiger partial charge is 0.253 e. The van der Waals surface area contributed by atoms with Gasteiger partial charge in [0.2, 0.25) is 0 Å². The number of hydrogen-bond donors (Lipinski definition) is 0. The molecule has 6 nitrogen and oxygen atoms in total. The third-order valence-corrected chi connectivity index (χ3v) is 4.77. The maximum atomic E-state index is 12.0. The van der Waals surface area contributed by atoms with E-state index >= 15 is 0 Å². The first-order valence-electron chi connectivity index (χ1n) is 7.78. The summed E-state index contributed by atoms with van der Waals surface area (Å²) in [7, 11) is 0. The maximum Gasteiger partial charge on any atom is 0.253 e. The van der Waals surface area contributed by atoms with Gasteiger partial charge >= 0.3 is 0 Å². The maximum absolute atomic E-state index is 12.0. The highest BCUT2D eigenvalue weighted by Crippen LogP contribution is 2.39. The summed E-state index contributed by atoms with van der Waals surface area (Å²) < 4.78 is 0. The Morgan fingerprint density at radius 1 is 1.13 bits per heavy atom. The lowest BCUT2D eigenvalue weighted by Crippen LogP contribution is -2.41. The zero-order valence-corrected chi connectivity index (χ0v) is 12.8. The van der Waals surface area contributed by atoms with Crippen molar-refractivity contribution in [2.45, 2.75) is 38.1 Å². The summed E-state index contributed by atoms with van der Waals surface area (Å²) >= 11 is 0. The molecule has 2 aliphatic rings. The number of pyridine rings is 1. The molecule has 2 atom stereocenters. The lowest BCUT2D eigenvalue weighted by molar-refractivity contribution is -0.139. The number of aryl methyl sites for hydroxylation is 1. The lowest BCUT2D eigenvalue weighted by atomic mass is 9.93. The highest BCUT2D eigenvalue weighted by molar-refractivity contribution is 6.13. The summed E-state index contributed by atoms with van der Waals surface area (Å²) in [5.74, 6) is -0.280. The highest BCUT2D eigenvalue weighted by Gasteiger charge is 2.39. The molecule has 3 heterocycles. The van der Waals surface area contributed by atoms with Gasteiger partial charge in [0, 0.05) is 35.7 Å². The zero-order chi connectivity index (χ0) is 16.0. The van der Waals surface area contributed by atoms with Crippen LogP contribution < -0.4 is 0 Å². The van der Waals surface area contributed by atoms with E-state index in [1.807, 2.05) is 13.1 Å². The van der Waals surface area contributed by atoms with Crippen LogP contribution in [0.3, 0.4) is 0 Å². The molecular formula is C17H16N4O2. The van der Waals surface area contributed by atoms with Crippen LogP contribution in [0.1, 0.15) is 36.4 Å². The van der Waals surface area contributed by atoms with Crippen molar-refractivity contribution >= 4 is 22.7 Å². The summed E-state index contributed by atoms with van der Waals surface area (Å²) in [5.41, 5.74) is 2.69. The molecule has 1 aliphatic carbocycles. The minimum Gasteiger partial charge on any atom is -0.272 e. The molecular weight excluding hydrogens is 292 g/mol. The molecule has 2 unspecified atom stereocenters. The molecule has 1 aliphatic heterocycles. The van der Waals surface area contributed by atoms with Gasteiger partial charge in [0.15, 0.2) is 0 Å². The second-order valence-corrected chi connectivity index (χ2v) is 6.12. The van der Waals surface area contributed by atoms with Crippen molar-refractivity contribution < 1.29 is 9.59 Å². The van der Waals surface area contributed by atoms with Gasteiger partial charge in [-0.25, -0.2) is 0 Å². The number of aromatic nitrogens is 3. The quantitative estimate of drug-likeness (QED) is 0.792. The predicted octanol–water partition coefficient (Wildman–Crippen LogP) is 1.89. The van der Waals surface area contributed by atoms with E-state index < -0.39 is 0 Å². The van der Waals surface area contributed by atoms with Crippen LogP contribution >= 0.6 is 0 Å². The van der Waals surface area contributed by atoms with Gasteiger partial charge in [-0.05, 0) is 31.4 Å². The molecule has 1 saturated carbocycles. The molecule has 6 heteroatoms. The number of hydrogen-bond acceptors (Lipinski definition) is 5. The van der Waals surface area contributed by atoms with Crippen LogP contribution in [0, 0.1) is 6.92 Å². The second-order valence-electron chi connectivity index (χ2n) is 6.12. The fraction of sp³-hybridized carbons (Fsp3) is 0.353. The number of amides is 2. The second kappa shape index (κ2) is 5.22. The van der Waals surface area contributed by atoms with Gasteiger partial charge in [0.25, 0.3) is 11.8 Å². The van der Waals surface area contributed by atoms with Gasteiger partial charge in [-0.2, -0.15) is 10.2 Å². The Kier molecular flexibility index (Phi) is 3.18. The van der Waals surface area contributed by atoms with Crippen LogP contribution in [0.5, 0.6) is 0 Å². The molecule has 0 aromatic carbocycles. The molecule has 4 rings (SSSR count). The summed E-state index contributed by atoms with van der Waals surface area (Å²) in [4.78, 5) is 29.9. The summed E-state index contributed by atoms with van der Waals surface area (Å²) in [6.45, 7) is 1.88. The van der Waals surface area contributed by atoms with Crippen LogP contribution in [0.25, 0.3) is 10.9 Å². The van der Waals surface area contributed by atoms with Crippen molar-refractivity contribution in [1.29, 1.82) is 0 Å². The third kappa shape index (κ3) is 2.21. The van der Waals surface area contributed by atoms with E-state index in [2.05, 4.69) is 21.2 Å². The van der Waals surface area contributed by atoms with E-state index in [1.54, 1.807) is 6.20 Å². The van der Waals surface area contributed by atoms with E-state index in [-0.39, 0.29) is 23.8 Å². The van der Waals surface area contributed by atoms with E-state index in [1.165, 1.54) is 17.1 Å². The van der Waals surface area contributed by atoms with Crippen LogP contribution in [0.2, 0.25) is 0 Å². The van der Waals surface area contributed by atoms with Gasteiger partial charge in [0.05, 0.1) is 17.4 Å². The number of nitrogens with zero attached hydrogens (tertiary/aromatic N) is 4. The minimum absolute atomic E-state index is 0.0832. The predicted molar refractivity (Wildman–Crippen MR) is 83.4 cm³/mol. The number of carbonyl (C=O) groups is 2. The summed E-state index contributed by atoms with van der Waals surface area (Å²) in [6.07, 6.45) is 9.06. The van der Waals surface area contributed by atoms with E-state index in [0.29, 0.717) is 0 Å². The standard InChI is InChI=1S/C17H16N4O2/c1-10-17-12(9-19-20-10)7-11(8-18-17)13-3-2-4-14(13)21-15(22)5-6-16(21)23/h5-9,13-14H,2-4H2,1H3. The number of rotatable bonds is 2. The highest BCUT2D eigenvalue weighted by atomic mass is 16.2. The molecule has 0 radical (unpaired) electrons. The van der Waals surface area contributed by atoms with E-state index in [4.69, 9.17) is 0 Å². The molecule has 0 N–H and O–H groups in total. The fourth-order valence-corrected chi connectivity index (χ4v) is 3.70. The molecule has 2 aromatic rings. The Hall–Kier alpha value is -2.63. The van der Waals surface area contributed by atoms with Crippen LogP contribution in [0.4, 0.5) is 0 Å². The Balaban J connectivity index is 1.72. The molecule has 2 amide bonds. The largest absolute Gasteiger partial charge is 0.272 e. The lowest BCUT2D eigenvalue weighted by Gasteiger charge is -2.28. The number of carbonyl (C=O) groups excluding carboxylic acids is 2. The Bertz CT molecular complexity index is 828. The van der Waals surface area contributed by atoms with Gasteiger partial charge in [-0.3, -0.25) is 19.5 Å². The van der Waals surface area contributed by atoms with Gasteiger partial charge in [-0.1, -0.05) is 6.42 Å². The van der Waals surface area contributed by atoms with Crippen molar-refractivity contribution in [1.82, 2.24) is 20.1 Å². The van der Waals surface area contributed by atoms with Gasteiger partial charge < -0.3 is 0 Å². The Morgan fingerprint density at radius 2 is 1.91 bits per heavy atom. The number of imide groups is 1. The minimum atomic E-state index is -0.206. The fourth-order valence-electron chi connectivity index (χ4n) is 3.70. The first-order valence-corrected chi connectivity index (χ1v) is 7.78. The molecule has 0 saturated heterocycles. The average Bonchev–Trinajstić information content (AvgIpc) is 3.14. The molecule has 116 valence electrons. The average molecular weight is 308 g/mol. The first-order chi connectivity index (χ1) is 11.1. The number of fused-ring (bicyclic) bond motifs is 1. The van der Waals surface area contributed by atoms with Crippen molar-refractivity contribution in [2.75, 3.05) is 0 Å². The van der Waals surface area contributed by atoms with Crippen molar-refractivity contribution in [3.63, 3.8) is 0 Å². The van der Waals surface area contributed by atoms with Crippen LogP contribution in [-0.2, 0) is 9.59 Å². The molecule has 1 fully saturated rings. The van der Waals surface area contributed by atoms with Crippen molar-refractivity contribution in [3.8, 4) is 0 Å². The topological polar surface area (TPSA) is 76.1 Å². The first kappa shape index (κ1) is 14.0. The van der Waals surface area contributed by atoms with E-state index in [9.17, 15) is 9.59 Å². The normalized spacial score (nSPS) is 24.1. The van der Waals surface area contributed by atoms with Gasteiger partial charge in [0.1, 0.15) is 0 Å². The molecule has 2 aromatic heterocycles. The third-order valence-electron chi connectivity index (χ3n) is 4.77. The SMILES string of the molecule is Cc1nncc2cc(C3CCCC3N3C(=O)C=CC3=O)cnc12. The zero-order valence-electron chi connectivity index (χ0n) is 12.8. The molecule has 23 heavy (non-hydrogen) atoms. The van der Waals surface area contributed by atoms with Crippen LogP contribution in [0.15, 0.2) is 30.6 Å². The summed E-state index contributed by atoms with van der Waals surface area (Å²) in [6, 6.07) is 1.98.